The van der Waals surface area contributed by atoms with Gasteiger partial charge in [0.15, 0.2) is 0 Å². The lowest BCUT2D eigenvalue weighted by Crippen LogP contribution is -2.16. The topological polar surface area (TPSA) is 25.2 Å². The summed E-state index contributed by atoms with van der Waals surface area (Å²) in [4.78, 5) is 1.44. The quantitative estimate of drug-likeness (QED) is 0.838. The lowest BCUT2D eigenvalue weighted by Gasteiger charge is -2.13. The third-order valence-corrected chi connectivity index (χ3v) is 3.49. The molecule has 0 saturated heterocycles. The van der Waals surface area contributed by atoms with E-state index < -0.39 is 0 Å². The van der Waals surface area contributed by atoms with Gasteiger partial charge in [-0.1, -0.05) is 6.07 Å². The molecule has 2 aromatic heterocycles. The zero-order chi connectivity index (χ0) is 10.5. The molecular formula is C12H15NOS. The van der Waals surface area contributed by atoms with Gasteiger partial charge >= 0.3 is 0 Å². The van der Waals surface area contributed by atoms with Crippen molar-refractivity contribution in [3.8, 4) is 0 Å². The highest BCUT2D eigenvalue weighted by molar-refractivity contribution is 7.09. The molecule has 1 atom stereocenters. The molecule has 2 aromatic rings. The van der Waals surface area contributed by atoms with E-state index in [1.54, 1.807) is 6.26 Å². The van der Waals surface area contributed by atoms with Crippen LogP contribution in [-0.4, -0.2) is 7.05 Å². The van der Waals surface area contributed by atoms with Crippen LogP contribution in [0.4, 0.5) is 0 Å². The Morgan fingerprint density at radius 2 is 2.40 bits per heavy atom. The van der Waals surface area contributed by atoms with Crippen molar-refractivity contribution in [2.45, 2.75) is 18.9 Å². The predicted molar refractivity (Wildman–Crippen MR) is 63.1 cm³/mol. The highest BCUT2D eigenvalue weighted by atomic mass is 32.1. The van der Waals surface area contributed by atoms with E-state index >= 15 is 0 Å². The van der Waals surface area contributed by atoms with Crippen LogP contribution in [0.5, 0.6) is 0 Å². The molecule has 2 nitrogen and oxygen atoms in total. The third kappa shape index (κ3) is 2.70. The molecular weight excluding hydrogens is 206 g/mol. The van der Waals surface area contributed by atoms with Crippen molar-refractivity contribution >= 4 is 11.3 Å². The molecule has 0 aliphatic heterocycles. The Bertz CT molecular complexity index is 366. The fourth-order valence-corrected chi connectivity index (χ4v) is 2.42. The Balaban J connectivity index is 1.92. The second-order valence-electron chi connectivity index (χ2n) is 3.52. The zero-order valence-corrected chi connectivity index (χ0v) is 9.59. The van der Waals surface area contributed by atoms with Crippen LogP contribution in [0.3, 0.4) is 0 Å². The summed E-state index contributed by atoms with van der Waals surface area (Å²) in [6.45, 7) is 0. The smallest absolute Gasteiger partial charge is 0.0950 e. The molecule has 0 spiro atoms. The van der Waals surface area contributed by atoms with Crippen molar-refractivity contribution in [2.24, 2.45) is 0 Å². The maximum Gasteiger partial charge on any atom is 0.0950 e. The van der Waals surface area contributed by atoms with E-state index in [0.717, 1.165) is 12.8 Å². The Morgan fingerprint density at radius 1 is 1.47 bits per heavy atom. The van der Waals surface area contributed by atoms with Crippen LogP contribution in [0.2, 0.25) is 0 Å². The van der Waals surface area contributed by atoms with Crippen LogP contribution in [-0.2, 0) is 6.42 Å². The number of nitrogens with one attached hydrogen (secondary N) is 1. The molecule has 0 bridgehead atoms. The number of aryl methyl sites for hydroxylation is 1. The summed E-state index contributed by atoms with van der Waals surface area (Å²) >= 11 is 1.82. The van der Waals surface area contributed by atoms with E-state index in [1.165, 1.54) is 10.4 Å². The Labute approximate surface area is 93.9 Å². The molecule has 15 heavy (non-hydrogen) atoms. The van der Waals surface area contributed by atoms with Crippen LogP contribution in [0.25, 0.3) is 0 Å². The molecule has 80 valence electrons. The molecule has 0 amide bonds. The Kier molecular flexibility index (Phi) is 3.59. The van der Waals surface area contributed by atoms with Crippen LogP contribution in [0, 0.1) is 0 Å². The van der Waals surface area contributed by atoms with Gasteiger partial charge in [0.1, 0.15) is 0 Å². The maximum atomic E-state index is 5.10. The molecule has 0 aliphatic rings. The first-order valence-electron chi connectivity index (χ1n) is 5.12. The Hall–Kier alpha value is -1.06. The van der Waals surface area contributed by atoms with Gasteiger partial charge < -0.3 is 9.73 Å². The molecule has 0 aromatic carbocycles. The minimum atomic E-state index is 0.394. The largest absolute Gasteiger partial charge is 0.472 e. The fraction of sp³-hybridized carbons (Fsp3) is 0.333. The lowest BCUT2D eigenvalue weighted by molar-refractivity contribution is 0.525. The zero-order valence-electron chi connectivity index (χ0n) is 8.77. The van der Waals surface area contributed by atoms with Gasteiger partial charge in [0.25, 0.3) is 0 Å². The van der Waals surface area contributed by atoms with Crippen molar-refractivity contribution in [1.82, 2.24) is 5.32 Å². The standard InChI is InChI=1S/C12H15NOS/c1-13-12(10-6-7-14-9-10)5-4-11-3-2-8-15-11/h2-3,6-9,12-13H,4-5H2,1H3. The van der Waals surface area contributed by atoms with Gasteiger partial charge in [-0.05, 0) is 37.4 Å². The average molecular weight is 221 g/mol. The van der Waals surface area contributed by atoms with E-state index in [1.807, 2.05) is 30.7 Å². The number of furan rings is 1. The van der Waals surface area contributed by atoms with Gasteiger partial charge in [-0.15, -0.1) is 11.3 Å². The molecule has 0 radical (unpaired) electrons. The van der Waals surface area contributed by atoms with Crippen LogP contribution >= 0.6 is 11.3 Å². The van der Waals surface area contributed by atoms with Gasteiger partial charge in [0.05, 0.1) is 12.5 Å². The summed E-state index contributed by atoms with van der Waals surface area (Å²) in [6, 6.07) is 6.71. The van der Waals surface area contributed by atoms with Crippen molar-refractivity contribution < 1.29 is 4.42 Å². The van der Waals surface area contributed by atoms with Crippen molar-refractivity contribution in [2.75, 3.05) is 7.05 Å². The summed E-state index contributed by atoms with van der Waals surface area (Å²) in [6.07, 6.45) is 5.77. The molecule has 2 heterocycles. The van der Waals surface area contributed by atoms with E-state index in [0.29, 0.717) is 6.04 Å². The number of thiophene rings is 1. The minimum Gasteiger partial charge on any atom is -0.472 e. The summed E-state index contributed by atoms with van der Waals surface area (Å²) < 4.78 is 5.10. The van der Waals surface area contributed by atoms with Crippen LogP contribution in [0.15, 0.2) is 40.5 Å². The van der Waals surface area contributed by atoms with Crippen molar-refractivity contribution in [3.05, 3.63) is 46.5 Å². The number of rotatable bonds is 5. The van der Waals surface area contributed by atoms with E-state index in [4.69, 9.17) is 4.42 Å². The minimum absolute atomic E-state index is 0.394. The lowest BCUT2D eigenvalue weighted by atomic mass is 10.1. The molecule has 0 aliphatic carbocycles. The van der Waals surface area contributed by atoms with Gasteiger partial charge in [0, 0.05) is 16.5 Å². The first-order chi connectivity index (χ1) is 7.40. The molecule has 0 fully saturated rings. The van der Waals surface area contributed by atoms with Crippen LogP contribution < -0.4 is 5.32 Å². The first-order valence-corrected chi connectivity index (χ1v) is 6.00. The first kappa shape index (κ1) is 10.5. The number of hydrogen-bond acceptors (Lipinski definition) is 3. The highest BCUT2D eigenvalue weighted by Gasteiger charge is 2.10. The summed E-state index contributed by atoms with van der Waals surface area (Å²) in [5, 5.41) is 5.44. The summed E-state index contributed by atoms with van der Waals surface area (Å²) in [5.41, 5.74) is 1.23. The fourth-order valence-electron chi connectivity index (χ4n) is 1.69. The monoisotopic (exact) mass is 221 g/mol. The summed E-state index contributed by atoms with van der Waals surface area (Å²) in [5.74, 6) is 0. The third-order valence-electron chi connectivity index (χ3n) is 2.55. The maximum absolute atomic E-state index is 5.10. The number of hydrogen-bond donors (Lipinski definition) is 1. The normalized spacial score (nSPS) is 12.9. The highest BCUT2D eigenvalue weighted by Crippen LogP contribution is 2.20. The molecule has 0 saturated carbocycles. The Morgan fingerprint density at radius 3 is 3.00 bits per heavy atom. The van der Waals surface area contributed by atoms with E-state index in [-0.39, 0.29) is 0 Å². The molecule has 3 heteroatoms. The van der Waals surface area contributed by atoms with Crippen molar-refractivity contribution in [3.63, 3.8) is 0 Å². The summed E-state index contributed by atoms with van der Waals surface area (Å²) in [7, 11) is 1.99. The van der Waals surface area contributed by atoms with Gasteiger partial charge in [-0.2, -0.15) is 0 Å². The van der Waals surface area contributed by atoms with Gasteiger partial charge in [-0.3, -0.25) is 0 Å². The van der Waals surface area contributed by atoms with Crippen LogP contribution in [0.1, 0.15) is 22.9 Å². The van der Waals surface area contributed by atoms with E-state index in [9.17, 15) is 0 Å². The van der Waals surface area contributed by atoms with Gasteiger partial charge in [-0.25, -0.2) is 0 Å². The second kappa shape index (κ2) is 5.14. The van der Waals surface area contributed by atoms with Gasteiger partial charge in [0.2, 0.25) is 0 Å². The second-order valence-corrected chi connectivity index (χ2v) is 4.55. The SMILES string of the molecule is CNC(CCc1cccs1)c1ccoc1. The van der Waals surface area contributed by atoms with Crippen molar-refractivity contribution in [1.29, 1.82) is 0 Å². The molecule has 1 unspecified atom stereocenters. The molecule has 1 N–H and O–H groups in total. The predicted octanol–water partition coefficient (Wildman–Crippen LogP) is 3.23. The van der Waals surface area contributed by atoms with E-state index in [2.05, 4.69) is 22.8 Å². The molecule has 2 rings (SSSR count). The average Bonchev–Trinajstić information content (AvgIpc) is 2.90.